The molecule has 0 aliphatic carbocycles. The van der Waals surface area contributed by atoms with Crippen molar-refractivity contribution in [2.75, 3.05) is 38.1 Å². The van der Waals surface area contributed by atoms with Crippen LogP contribution in [-0.2, 0) is 6.54 Å². The summed E-state index contributed by atoms with van der Waals surface area (Å²) in [5.74, 6) is 2.29. The van der Waals surface area contributed by atoms with Crippen LogP contribution in [0, 0.1) is 18.3 Å². The fourth-order valence-electron chi connectivity index (χ4n) is 3.55. The summed E-state index contributed by atoms with van der Waals surface area (Å²) in [5.41, 5.74) is 2.36. The van der Waals surface area contributed by atoms with Gasteiger partial charge in [0.2, 0.25) is 0 Å². The molecule has 0 saturated carbocycles. The first-order valence-electron chi connectivity index (χ1n) is 9.38. The van der Waals surface area contributed by atoms with Gasteiger partial charge in [-0.2, -0.15) is 5.26 Å². The quantitative estimate of drug-likeness (QED) is 0.675. The number of hydrogen-bond donors (Lipinski definition) is 0. The Morgan fingerprint density at radius 3 is 2.57 bits per heavy atom. The van der Waals surface area contributed by atoms with Gasteiger partial charge in [-0.1, -0.05) is 23.7 Å². The number of piperazine rings is 1. The van der Waals surface area contributed by atoms with Crippen LogP contribution < -0.4 is 4.90 Å². The monoisotopic (exact) mass is 395 g/mol. The van der Waals surface area contributed by atoms with Crippen molar-refractivity contribution in [2.24, 2.45) is 0 Å². The third kappa shape index (κ3) is 3.41. The maximum Gasteiger partial charge on any atom is 0.166 e. The molecule has 0 unspecified atom stereocenters. The maximum atomic E-state index is 9.14. The fraction of sp³-hybridized carbons (Fsp3) is 0.400. The molecule has 7 nitrogen and oxygen atoms in total. The van der Waals surface area contributed by atoms with E-state index in [1.165, 1.54) is 0 Å². The summed E-state index contributed by atoms with van der Waals surface area (Å²) in [5, 5.41) is 9.76. The molecule has 1 aromatic carbocycles. The molecule has 0 radical (unpaired) electrons. The van der Waals surface area contributed by atoms with Crippen LogP contribution in [0.25, 0.3) is 22.6 Å². The van der Waals surface area contributed by atoms with Crippen LogP contribution in [-0.4, -0.2) is 57.6 Å². The van der Waals surface area contributed by atoms with Gasteiger partial charge in [0.15, 0.2) is 17.0 Å². The predicted molar refractivity (Wildman–Crippen MR) is 110 cm³/mol. The molecular formula is C20H22ClN7. The van der Waals surface area contributed by atoms with E-state index >= 15 is 0 Å². The Hall–Kier alpha value is -2.69. The number of nitrogens with zero attached hydrogens (tertiary/aromatic N) is 7. The second-order valence-corrected chi connectivity index (χ2v) is 7.44. The van der Waals surface area contributed by atoms with Crippen molar-refractivity contribution in [2.45, 2.75) is 19.9 Å². The van der Waals surface area contributed by atoms with Gasteiger partial charge in [0.25, 0.3) is 0 Å². The highest BCUT2D eigenvalue weighted by molar-refractivity contribution is 6.33. The Kier molecular flexibility index (Phi) is 5.16. The number of imidazole rings is 1. The van der Waals surface area contributed by atoms with Crippen LogP contribution in [0.2, 0.25) is 5.02 Å². The van der Waals surface area contributed by atoms with Crippen molar-refractivity contribution >= 4 is 28.6 Å². The Morgan fingerprint density at radius 1 is 1.11 bits per heavy atom. The van der Waals surface area contributed by atoms with Gasteiger partial charge in [0.05, 0.1) is 17.5 Å². The second kappa shape index (κ2) is 7.74. The first-order chi connectivity index (χ1) is 13.6. The summed E-state index contributed by atoms with van der Waals surface area (Å²) in [7, 11) is 2.13. The van der Waals surface area contributed by atoms with Crippen molar-refractivity contribution in [1.29, 1.82) is 5.26 Å². The molecule has 0 N–H and O–H groups in total. The second-order valence-electron chi connectivity index (χ2n) is 7.03. The fourth-order valence-corrected chi connectivity index (χ4v) is 3.77. The zero-order valence-corrected chi connectivity index (χ0v) is 16.8. The average Bonchev–Trinajstić information content (AvgIpc) is 3.04. The smallest absolute Gasteiger partial charge is 0.166 e. The Bertz CT molecular complexity index is 1040. The number of rotatable bonds is 4. The molecule has 1 aliphatic heterocycles. The number of anilines is 1. The third-order valence-corrected chi connectivity index (χ3v) is 5.38. The number of aromatic nitrogens is 4. The topological polar surface area (TPSA) is 73.9 Å². The van der Waals surface area contributed by atoms with Gasteiger partial charge in [0, 0.05) is 38.3 Å². The van der Waals surface area contributed by atoms with Gasteiger partial charge in [-0.3, -0.25) is 0 Å². The highest BCUT2D eigenvalue weighted by Gasteiger charge is 2.24. The van der Waals surface area contributed by atoms with E-state index in [9.17, 15) is 0 Å². The molecule has 1 saturated heterocycles. The Morgan fingerprint density at radius 2 is 1.86 bits per heavy atom. The van der Waals surface area contributed by atoms with Crippen molar-refractivity contribution in [1.82, 2.24) is 24.4 Å². The summed E-state index contributed by atoms with van der Waals surface area (Å²) < 4.78 is 1.99. The number of halogens is 1. The number of likely N-dealkylation sites (N-methyl/N-ethyl adjacent to an activating group) is 1. The summed E-state index contributed by atoms with van der Waals surface area (Å²) in [6, 6.07) is 9.85. The minimum Gasteiger partial charge on any atom is -0.352 e. The van der Waals surface area contributed by atoms with Crippen molar-refractivity contribution < 1.29 is 0 Å². The molecule has 28 heavy (non-hydrogen) atoms. The molecule has 3 aromatic rings. The Labute approximate surface area is 169 Å². The first-order valence-corrected chi connectivity index (χ1v) is 9.76. The van der Waals surface area contributed by atoms with E-state index in [1.54, 1.807) is 0 Å². The molecule has 144 valence electrons. The molecule has 2 aromatic heterocycles. The average molecular weight is 396 g/mol. The van der Waals surface area contributed by atoms with Crippen LogP contribution >= 0.6 is 11.6 Å². The van der Waals surface area contributed by atoms with Crippen LogP contribution in [0.15, 0.2) is 24.3 Å². The lowest BCUT2D eigenvalue weighted by Crippen LogP contribution is -2.45. The van der Waals surface area contributed by atoms with E-state index in [1.807, 2.05) is 35.8 Å². The van der Waals surface area contributed by atoms with E-state index < -0.39 is 0 Å². The molecule has 1 fully saturated rings. The van der Waals surface area contributed by atoms with Gasteiger partial charge >= 0.3 is 0 Å². The SMILES string of the molecule is Cc1nc(N2CCN(C)CC2)c2nc(-c3ccccc3Cl)n(CCC#N)c2n1. The Balaban J connectivity index is 1.91. The molecular weight excluding hydrogens is 374 g/mol. The normalized spacial score (nSPS) is 15.1. The number of benzene rings is 1. The van der Waals surface area contributed by atoms with E-state index in [-0.39, 0.29) is 0 Å². The largest absolute Gasteiger partial charge is 0.352 e. The number of aryl methyl sites for hydroxylation is 2. The third-order valence-electron chi connectivity index (χ3n) is 5.05. The van der Waals surface area contributed by atoms with Crippen LogP contribution in [0.3, 0.4) is 0 Å². The lowest BCUT2D eigenvalue weighted by molar-refractivity contribution is 0.312. The van der Waals surface area contributed by atoms with Gasteiger partial charge in [-0.05, 0) is 26.1 Å². The molecule has 0 bridgehead atoms. The number of nitriles is 1. The first kappa shape index (κ1) is 18.7. The minimum absolute atomic E-state index is 0.371. The summed E-state index contributed by atoms with van der Waals surface area (Å²) in [6.45, 7) is 6.17. The van der Waals surface area contributed by atoms with Crippen LogP contribution in [0.4, 0.5) is 5.82 Å². The summed E-state index contributed by atoms with van der Waals surface area (Å²) in [4.78, 5) is 18.9. The lowest BCUT2D eigenvalue weighted by atomic mass is 10.2. The standard InChI is InChI=1S/C20H22ClN7/c1-14-23-19(27-12-10-26(2)11-13-27)17-20(24-14)28(9-5-8-22)18(25-17)15-6-3-4-7-16(15)21/h3-4,6-7H,5,9-13H2,1-2H3. The van der Waals surface area contributed by atoms with E-state index in [4.69, 9.17) is 26.8 Å². The number of fused-ring (bicyclic) bond motifs is 1. The maximum absolute atomic E-state index is 9.14. The van der Waals surface area contributed by atoms with Gasteiger partial charge in [-0.25, -0.2) is 15.0 Å². The zero-order valence-electron chi connectivity index (χ0n) is 16.1. The van der Waals surface area contributed by atoms with Gasteiger partial charge < -0.3 is 14.4 Å². The van der Waals surface area contributed by atoms with E-state index in [0.29, 0.717) is 23.8 Å². The van der Waals surface area contributed by atoms with Crippen molar-refractivity contribution in [3.8, 4) is 17.5 Å². The zero-order chi connectivity index (χ0) is 19.7. The lowest BCUT2D eigenvalue weighted by Gasteiger charge is -2.33. The summed E-state index contributed by atoms with van der Waals surface area (Å²) in [6.07, 6.45) is 0.371. The highest BCUT2D eigenvalue weighted by Crippen LogP contribution is 2.33. The van der Waals surface area contributed by atoms with E-state index in [0.717, 1.165) is 54.5 Å². The van der Waals surface area contributed by atoms with Crippen molar-refractivity contribution in [3.63, 3.8) is 0 Å². The van der Waals surface area contributed by atoms with Crippen LogP contribution in [0.5, 0.6) is 0 Å². The molecule has 0 amide bonds. The molecule has 0 atom stereocenters. The minimum atomic E-state index is 0.371. The summed E-state index contributed by atoms with van der Waals surface area (Å²) >= 11 is 6.46. The van der Waals surface area contributed by atoms with Gasteiger partial charge in [0.1, 0.15) is 11.6 Å². The van der Waals surface area contributed by atoms with E-state index in [2.05, 4.69) is 27.9 Å². The van der Waals surface area contributed by atoms with Crippen LogP contribution in [0.1, 0.15) is 12.2 Å². The van der Waals surface area contributed by atoms with Gasteiger partial charge in [-0.15, -0.1) is 0 Å². The molecule has 8 heteroatoms. The number of hydrogen-bond acceptors (Lipinski definition) is 6. The molecule has 3 heterocycles. The van der Waals surface area contributed by atoms with Crippen molar-refractivity contribution in [3.05, 3.63) is 35.1 Å². The molecule has 0 spiro atoms. The molecule has 1 aliphatic rings. The molecule has 4 rings (SSSR count). The highest BCUT2D eigenvalue weighted by atomic mass is 35.5. The predicted octanol–water partition coefficient (Wildman–Crippen LogP) is 3.12.